The van der Waals surface area contributed by atoms with Gasteiger partial charge in [-0.2, -0.15) is 0 Å². The van der Waals surface area contributed by atoms with Crippen molar-refractivity contribution in [1.29, 1.82) is 0 Å². The zero-order valence-electron chi connectivity index (χ0n) is 20.0. The number of carbonyl (C=O) groups is 2. The number of carbonyl (C=O) groups excluding carboxylic acids is 2. The lowest BCUT2D eigenvalue weighted by atomic mass is 9.94. The van der Waals surface area contributed by atoms with Gasteiger partial charge in [-0.1, -0.05) is 12.1 Å². The number of fused-ring (bicyclic) bond motifs is 1. The van der Waals surface area contributed by atoms with Crippen molar-refractivity contribution in [3.8, 4) is 11.5 Å². The second-order valence-corrected chi connectivity index (χ2v) is 9.17. The first-order valence-corrected chi connectivity index (χ1v) is 12.0. The molecule has 1 amide bonds. The molecule has 0 aliphatic carbocycles. The molecular formula is C27H30N2O6. The monoisotopic (exact) mass is 478 g/mol. The minimum absolute atomic E-state index is 0.0625. The molecule has 5 rings (SSSR count). The Kier molecular flexibility index (Phi) is 6.49. The topological polar surface area (TPSA) is 88.5 Å². The maximum Gasteiger partial charge on any atom is 0.295 e. The van der Waals surface area contributed by atoms with Crippen LogP contribution in [0.4, 0.5) is 0 Å². The first-order chi connectivity index (χ1) is 17.0. The van der Waals surface area contributed by atoms with Gasteiger partial charge >= 0.3 is 0 Å². The van der Waals surface area contributed by atoms with Crippen LogP contribution in [0.5, 0.6) is 11.5 Å². The predicted molar refractivity (Wildman–Crippen MR) is 129 cm³/mol. The zero-order chi connectivity index (χ0) is 24.5. The van der Waals surface area contributed by atoms with Crippen LogP contribution >= 0.6 is 0 Å². The van der Waals surface area contributed by atoms with Crippen molar-refractivity contribution in [3.05, 3.63) is 64.7 Å². The van der Waals surface area contributed by atoms with E-state index in [-0.39, 0.29) is 17.4 Å². The van der Waals surface area contributed by atoms with Crippen LogP contribution in [0.25, 0.3) is 5.76 Å². The number of benzene rings is 2. The van der Waals surface area contributed by atoms with Crippen molar-refractivity contribution in [2.24, 2.45) is 0 Å². The number of nitrogens with zero attached hydrogens (tertiary/aromatic N) is 2. The van der Waals surface area contributed by atoms with Crippen molar-refractivity contribution in [1.82, 2.24) is 9.80 Å². The van der Waals surface area contributed by atoms with Crippen LogP contribution in [0.15, 0.2) is 48.0 Å². The van der Waals surface area contributed by atoms with Crippen LogP contribution in [0, 0.1) is 0 Å². The molecule has 0 bridgehead atoms. The van der Waals surface area contributed by atoms with Gasteiger partial charge in [0, 0.05) is 38.2 Å². The van der Waals surface area contributed by atoms with Crippen molar-refractivity contribution >= 4 is 17.4 Å². The van der Waals surface area contributed by atoms with Crippen LogP contribution in [-0.2, 0) is 20.7 Å². The second-order valence-electron chi connectivity index (χ2n) is 9.17. The molecule has 2 saturated heterocycles. The third kappa shape index (κ3) is 4.51. The number of methoxy groups -OCH3 is 1. The lowest BCUT2D eigenvalue weighted by Gasteiger charge is -2.31. The number of hydrogen-bond acceptors (Lipinski definition) is 7. The van der Waals surface area contributed by atoms with Gasteiger partial charge in [-0.15, -0.1) is 0 Å². The highest BCUT2D eigenvalue weighted by atomic mass is 16.5. The van der Waals surface area contributed by atoms with E-state index in [1.54, 1.807) is 30.2 Å². The fourth-order valence-corrected chi connectivity index (χ4v) is 5.04. The number of ether oxygens (including phenoxy) is 3. The summed E-state index contributed by atoms with van der Waals surface area (Å²) < 4.78 is 16.5. The molecular weight excluding hydrogens is 448 g/mol. The van der Waals surface area contributed by atoms with Crippen LogP contribution in [-0.4, -0.2) is 79.2 Å². The van der Waals surface area contributed by atoms with Gasteiger partial charge in [-0.25, -0.2) is 0 Å². The maximum atomic E-state index is 13.3. The quantitative estimate of drug-likeness (QED) is 0.388. The van der Waals surface area contributed by atoms with E-state index in [9.17, 15) is 14.7 Å². The fraction of sp³-hybridized carbons (Fsp3) is 0.407. The highest BCUT2D eigenvalue weighted by Gasteiger charge is 2.46. The molecule has 0 saturated carbocycles. The van der Waals surface area contributed by atoms with Gasteiger partial charge in [0.2, 0.25) is 0 Å². The van der Waals surface area contributed by atoms with Gasteiger partial charge in [-0.05, 0) is 48.4 Å². The van der Waals surface area contributed by atoms with E-state index in [0.29, 0.717) is 37.6 Å². The highest BCUT2D eigenvalue weighted by Crippen LogP contribution is 2.40. The Hall–Kier alpha value is -3.36. The third-order valence-corrected chi connectivity index (χ3v) is 6.90. The lowest BCUT2D eigenvalue weighted by molar-refractivity contribution is -0.140. The summed E-state index contributed by atoms with van der Waals surface area (Å²) in [7, 11) is 1.59. The number of Topliss-reactive ketones (excluding diaryl/α,β-unsaturated/α-hetero) is 1. The Morgan fingerprint density at radius 1 is 1.09 bits per heavy atom. The Morgan fingerprint density at radius 3 is 2.54 bits per heavy atom. The molecule has 2 fully saturated rings. The second kappa shape index (κ2) is 9.71. The molecule has 0 aromatic heterocycles. The van der Waals surface area contributed by atoms with Gasteiger partial charge < -0.3 is 24.2 Å². The van der Waals surface area contributed by atoms with E-state index in [1.807, 2.05) is 31.2 Å². The summed E-state index contributed by atoms with van der Waals surface area (Å²) in [6, 6.07) is 12.0. The molecule has 3 aliphatic rings. The largest absolute Gasteiger partial charge is 0.507 e. The van der Waals surface area contributed by atoms with Gasteiger partial charge in [0.1, 0.15) is 23.4 Å². The van der Waals surface area contributed by atoms with Gasteiger partial charge in [-0.3, -0.25) is 14.5 Å². The molecule has 0 spiro atoms. The molecule has 3 heterocycles. The predicted octanol–water partition coefficient (Wildman–Crippen LogP) is 2.77. The van der Waals surface area contributed by atoms with E-state index < -0.39 is 17.7 Å². The number of aliphatic hydroxyl groups is 1. The molecule has 2 atom stereocenters. The van der Waals surface area contributed by atoms with Gasteiger partial charge in [0.25, 0.3) is 11.7 Å². The summed E-state index contributed by atoms with van der Waals surface area (Å²) in [4.78, 5) is 30.3. The Balaban J connectivity index is 1.53. The van der Waals surface area contributed by atoms with Gasteiger partial charge in [0.15, 0.2) is 0 Å². The molecule has 2 aromatic carbocycles. The van der Waals surface area contributed by atoms with Crippen LogP contribution < -0.4 is 9.47 Å². The molecule has 8 heteroatoms. The summed E-state index contributed by atoms with van der Waals surface area (Å²) in [5.74, 6) is 0.0213. The number of amides is 1. The SMILES string of the molecule is COc1ccc([C@@H]2/C(=C(\O)c3ccc4c(c3)C[C@@H](C)O4)C(=O)C(=O)N2CCN2CCOCC2)cc1. The first-order valence-electron chi connectivity index (χ1n) is 12.0. The van der Waals surface area contributed by atoms with Crippen LogP contribution in [0.3, 0.4) is 0 Å². The van der Waals surface area contributed by atoms with E-state index in [2.05, 4.69) is 4.90 Å². The summed E-state index contributed by atoms with van der Waals surface area (Å²) >= 11 is 0. The van der Waals surface area contributed by atoms with Crippen molar-refractivity contribution < 1.29 is 28.9 Å². The molecule has 184 valence electrons. The van der Waals surface area contributed by atoms with Crippen molar-refractivity contribution in [2.75, 3.05) is 46.5 Å². The van der Waals surface area contributed by atoms with Crippen LogP contribution in [0.1, 0.15) is 29.7 Å². The minimum Gasteiger partial charge on any atom is -0.507 e. The summed E-state index contributed by atoms with van der Waals surface area (Å²) in [5, 5.41) is 11.4. The van der Waals surface area contributed by atoms with Crippen molar-refractivity contribution in [2.45, 2.75) is 25.5 Å². The normalized spacial score (nSPS) is 23.9. The summed E-state index contributed by atoms with van der Waals surface area (Å²) in [6.07, 6.45) is 0.791. The molecule has 0 radical (unpaired) electrons. The average Bonchev–Trinajstić information content (AvgIpc) is 3.38. The Labute approximate surface area is 204 Å². The van der Waals surface area contributed by atoms with Gasteiger partial charge in [0.05, 0.1) is 31.9 Å². The molecule has 3 aliphatic heterocycles. The average molecular weight is 479 g/mol. The number of aliphatic hydroxyl groups excluding tert-OH is 1. The van der Waals surface area contributed by atoms with E-state index in [0.717, 1.165) is 36.4 Å². The minimum atomic E-state index is -0.689. The molecule has 35 heavy (non-hydrogen) atoms. The van der Waals surface area contributed by atoms with E-state index >= 15 is 0 Å². The van der Waals surface area contributed by atoms with Crippen molar-refractivity contribution in [3.63, 3.8) is 0 Å². The zero-order valence-corrected chi connectivity index (χ0v) is 20.0. The maximum absolute atomic E-state index is 13.3. The molecule has 2 aromatic rings. The fourth-order valence-electron chi connectivity index (χ4n) is 5.04. The number of likely N-dealkylation sites (tertiary alicyclic amines) is 1. The van der Waals surface area contributed by atoms with Crippen LogP contribution in [0.2, 0.25) is 0 Å². The number of morpholine rings is 1. The van der Waals surface area contributed by atoms with E-state index in [1.165, 1.54) is 0 Å². The molecule has 1 N–H and O–H groups in total. The Morgan fingerprint density at radius 2 is 1.83 bits per heavy atom. The summed E-state index contributed by atoms with van der Waals surface area (Å²) in [6.45, 7) is 5.86. The lowest BCUT2D eigenvalue weighted by Crippen LogP contribution is -2.42. The smallest absolute Gasteiger partial charge is 0.295 e. The summed E-state index contributed by atoms with van der Waals surface area (Å²) in [5.41, 5.74) is 2.33. The number of rotatable bonds is 6. The first kappa shape index (κ1) is 23.4. The molecule has 0 unspecified atom stereocenters. The Bertz CT molecular complexity index is 1150. The standard InChI is InChI=1S/C27H30N2O6/c1-17-15-20-16-19(5-8-22(20)35-17)25(30)23-24(18-3-6-21(33-2)7-4-18)29(27(32)26(23)31)10-9-28-11-13-34-14-12-28/h3-8,16-17,24,30H,9-15H2,1-2H3/b25-23+/t17-,24-/m1/s1. The number of ketones is 1. The highest BCUT2D eigenvalue weighted by molar-refractivity contribution is 6.46. The third-order valence-electron chi connectivity index (χ3n) is 6.90. The van der Waals surface area contributed by atoms with E-state index in [4.69, 9.17) is 14.2 Å². The molecule has 8 nitrogen and oxygen atoms in total. The number of hydrogen-bond donors (Lipinski definition) is 1.